The highest BCUT2D eigenvalue weighted by Crippen LogP contribution is 2.42. The van der Waals surface area contributed by atoms with E-state index in [1.165, 1.54) is 0 Å². The Bertz CT molecular complexity index is 2830. The van der Waals surface area contributed by atoms with Crippen LogP contribution >= 0.6 is 0 Å². The van der Waals surface area contributed by atoms with Gasteiger partial charge in [0, 0.05) is 17.1 Å². The minimum Gasteiger partial charge on any atom is -0.311 e. The number of anilines is 3. The molecule has 0 atom stereocenters. The largest absolute Gasteiger partial charge is 0.311 e. The first-order valence-corrected chi connectivity index (χ1v) is 17.9. The molecule has 0 unspecified atom stereocenters. The Kier molecular flexibility index (Phi) is 7.50. The molecule has 0 saturated heterocycles. The molecule has 250 valence electrons. The Balaban J connectivity index is 1.19. The van der Waals surface area contributed by atoms with Gasteiger partial charge in [0.1, 0.15) is 0 Å². The van der Waals surface area contributed by atoms with Crippen LogP contribution in [-0.4, -0.2) is 0 Å². The van der Waals surface area contributed by atoms with Crippen molar-refractivity contribution >= 4 is 27.8 Å². The second kappa shape index (κ2) is 14.3. The van der Waals surface area contributed by atoms with E-state index >= 15 is 0 Å². The van der Waals surface area contributed by atoms with E-state index in [0.717, 1.165) is 66.7 Å². The van der Waals surface area contributed by atoms with Gasteiger partial charge in [-0.2, -0.15) is 0 Å². The average Bonchev–Trinajstić information content (AvgIpc) is 3.28. The number of nitrogens with zero attached hydrogens (tertiary/aromatic N) is 1. The van der Waals surface area contributed by atoms with E-state index in [4.69, 9.17) is 0 Å². The van der Waals surface area contributed by atoms with Crippen molar-refractivity contribution in [2.45, 2.75) is 0 Å². The summed E-state index contributed by atoms with van der Waals surface area (Å²) in [5, 5.41) is 2.30. The van der Waals surface area contributed by atoms with Gasteiger partial charge in [-0.05, 0) is 109 Å². The topological polar surface area (TPSA) is 3.24 Å². The fraction of sp³-hybridized carbons (Fsp3) is 0. The van der Waals surface area contributed by atoms with Crippen LogP contribution in [0.4, 0.5) is 17.1 Å². The molecule has 0 saturated carbocycles. The number of hydrogen-bond donors (Lipinski definition) is 0. The van der Waals surface area contributed by atoms with Crippen LogP contribution in [0, 0.1) is 0 Å². The molecule has 0 aliphatic rings. The smallest absolute Gasteiger partial charge is 0.0645 e. The summed E-state index contributed by atoms with van der Waals surface area (Å²) in [6, 6.07) is 66.7. The fourth-order valence-electron chi connectivity index (χ4n) is 7.19. The lowest BCUT2D eigenvalue weighted by Crippen LogP contribution is -2.09. The van der Waals surface area contributed by atoms with Crippen molar-refractivity contribution in [2.75, 3.05) is 4.90 Å². The summed E-state index contributed by atoms with van der Waals surface area (Å²) in [6.07, 6.45) is 0. The van der Waals surface area contributed by atoms with Crippen LogP contribution in [0.15, 0.2) is 224 Å². The first-order valence-electron chi connectivity index (χ1n) is 19.9. The molecular weight excluding hydrogens is 639 g/mol. The van der Waals surface area contributed by atoms with E-state index in [1.807, 2.05) is 108 Å². The Morgan fingerprint density at radius 2 is 0.792 bits per heavy atom. The summed E-state index contributed by atoms with van der Waals surface area (Å²) >= 11 is 0. The predicted molar refractivity (Wildman–Crippen MR) is 226 cm³/mol. The monoisotopic (exact) mass is 679 g/mol. The quantitative estimate of drug-likeness (QED) is 0.154. The second-order valence-electron chi connectivity index (χ2n) is 13.0. The van der Waals surface area contributed by atoms with Gasteiger partial charge in [0.2, 0.25) is 0 Å². The third-order valence-corrected chi connectivity index (χ3v) is 9.76. The number of benzene rings is 9. The van der Waals surface area contributed by atoms with Gasteiger partial charge in [0.25, 0.3) is 0 Å². The zero-order valence-electron chi connectivity index (χ0n) is 33.0. The molecule has 0 amide bonds. The van der Waals surface area contributed by atoms with Crippen LogP contribution in [0.3, 0.4) is 0 Å². The lowest BCUT2D eigenvalue weighted by molar-refractivity contribution is 1.28. The van der Waals surface area contributed by atoms with E-state index in [2.05, 4.69) is 97.1 Å². The number of rotatable bonds is 8. The highest BCUT2D eigenvalue weighted by molar-refractivity contribution is 6.04. The molecule has 0 aliphatic carbocycles. The van der Waals surface area contributed by atoms with E-state index in [0.29, 0.717) is 5.56 Å². The minimum absolute atomic E-state index is 0.0988. The van der Waals surface area contributed by atoms with Crippen LogP contribution in [0.1, 0.15) is 5.48 Å². The van der Waals surface area contributed by atoms with E-state index in [-0.39, 0.29) is 35.4 Å². The van der Waals surface area contributed by atoms with Gasteiger partial charge in [-0.15, -0.1) is 0 Å². The Labute approximate surface area is 317 Å². The standard InChI is InChI=1S/C52H37N/c1-5-15-39(16-6-1)48-35-30-44(37-51(48)41-19-9-3-10-20-41)38-25-31-46(32-26-38)53(45-22-11-4-12-23-45)47-33-27-43(28-34-47)52-49-24-14-13-21-42(49)29-36-50(52)40-17-7-2-8-18-40/h1-37H/i25D,26D,31D,32D. The molecular formula is C52H37N. The van der Waals surface area contributed by atoms with Crippen molar-refractivity contribution in [1.29, 1.82) is 0 Å². The molecule has 0 radical (unpaired) electrons. The van der Waals surface area contributed by atoms with Crippen LogP contribution in [0.2, 0.25) is 0 Å². The normalized spacial score (nSPS) is 12.1. The molecule has 1 heteroatoms. The maximum atomic E-state index is 9.50. The van der Waals surface area contributed by atoms with Gasteiger partial charge in [0.15, 0.2) is 0 Å². The summed E-state index contributed by atoms with van der Waals surface area (Å²) in [4.78, 5) is 1.84. The molecule has 0 heterocycles. The van der Waals surface area contributed by atoms with Gasteiger partial charge < -0.3 is 4.90 Å². The lowest BCUT2D eigenvalue weighted by Gasteiger charge is -2.26. The molecule has 9 aromatic rings. The number of para-hydroxylation sites is 1. The van der Waals surface area contributed by atoms with Crippen LogP contribution < -0.4 is 4.90 Å². The summed E-state index contributed by atoms with van der Waals surface area (Å²) in [5.74, 6) is 0. The molecule has 0 aliphatic heterocycles. The minimum atomic E-state index is -0.118. The highest BCUT2D eigenvalue weighted by atomic mass is 15.1. The maximum Gasteiger partial charge on any atom is 0.0645 e. The Hall–Kier alpha value is -6.96. The Morgan fingerprint density at radius 1 is 0.302 bits per heavy atom. The van der Waals surface area contributed by atoms with Crippen molar-refractivity contribution in [3.05, 3.63) is 224 Å². The third-order valence-electron chi connectivity index (χ3n) is 9.76. The van der Waals surface area contributed by atoms with Crippen molar-refractivity contribution < 1.29 is 5.48 Å². The van der Waals surface area contributed by atoms with Crippen molar-refractivity contribution in [1.82, 2.24) is 0 Å². The van der Waals surface area contributed by atoms with Crippen LogP contribution in [-0.2, 0) is 0 Å². The second-order valence-corrected chi connectivity index (χ2v) is 13.0. The third kappa shape index (κ3) is 6.42. The van der Waals surface area contributed by atoms with Crippen molar-refractivity contribution in [3.63, 3.8) is 0 Å². The molecule has 9 aromatic carbocycles. The summed E-state index contributed by atoms with van der Waals surface area (Å²) < 4.78 is 37.9. The molecule has 1 nitrogen and oxygen atoms in total. The fourth-order valence-corrected chi connectivity index (χ4v) is 7.19. The van der Waals surface area contributed by atoms with E-state index in [9.17, 15) is 5.48 Å². The van der Waals surface area contributed by atoms with Crippen LogP contribution in [0.5, 0.6) is 0 Å². The van der Waals surface area contributed by atoms with Crippen LogP contribution in [0.25, 0.3) is 66.4 Å². The van der Waals surface area contributed by atoms with Gasteiger partial charge in [-0.3, -0.25) is 0 Å². The molecule has 0 fully saturated rings. The molecule has 53 heavy (non-hydrogen) atoms. The van der Waals surface area contributed by atoms with Crippen molar-refractivity contribution in [3.8, 4) is 55.6 Å². The van der Waals surface area contributed by atoms with Gasteiger partial charge in [0.05, 0.1) is 5.48 Å². The maximum absolute atomic E-state index is 9.50. The predicted octanol–water partition coefficient (Wildman–Crippen LogP) is 14.6. The summed E-state index contributed by atoms with van der Waals surface area (Å²) in [6.45, 7) is 0. The molecule has 0 N–H and O–H groups in total. The first-order chi connectivity index (χ1) is 28.0. The highest BCUT2D eigenvalue weighted by Gasteiger charge is 2.16. The Morgan fingerprint density at radius 3 is 1.43 bits per heavy atom. The lowest BCUT2D eigenvalue weighted by atomic mass is 9.89. The summed E-state index contributed by atoms with van der Waals surface area (Å²) in [5.41, 5.74) is 11.0. The zero-order valence-corrected chi connectivity index (χ0v) is 29.0. The van der Waals surface area contributed by atoms with Crippen molar-refractivity contribution in [2.24, 2.45) is 0 Å². The van der Waals surface area contributed by atoms with E-state index in [1.54, 1.807) is 0 Å². The first kappa shape index (κ1) is 27.7. The summed E-state index contributed by atoms with van der Waals surface area (Å²) in [7, 11) is 0. The van der Waals surface area contributed by atoms with Gasteiger partial charge in [-0.1, -0.05) is 182 Å². The number of fused-ring (bicyclic) bond motifs is 1. The molecule has 0 bridgehead atoms. The molecule has 9 rings (SSSR count). The zero-order chi connectivity index (χ0) is 38.9. The molecule has 0 spiro atoms. The number of hydrogen-bond acceptors (Lipinski definition) is 1. The van der Waals surface area contributed by atoms with E-state index < -0.39 is 0 Å². The van der Waals surface area contributed by atoms with Gasteiger partial charge >= 0.3 is 0 Å². The SMILES string of the molecule is [2H]c1c([2H])c(N(c2ccccc2)c2ccc(-c3c(-c4ccccc4)ccc4ccccc34)cc2)c([2H])c([2H])c1-c1ccc(-c2ccccc2)c(-c2ccccc2)c1. The molecule has 0 aromatic heterocycles. The average molecular weight is 680 g/mol. The van der Waals surface area contributed by atoms with Gasteiger partial charge in [-0.25, -0.2) is 0 Å².